The molecule has 2 atom stereocenters. The summed E-state index contributed by atoms with van der Waals surface area (Å²) >= 11 is 0. The first kappa shape index (κ1) is 14.9. The maximum absolute atomic E-state index is 11.8. The van der Waals surface area contributed by atoms with Gasteiger partial charge in [0.2, 0.25) is 5.91 Å². The van der Waals surface area contributed by atoms with Crippen molar-refractivity contribution >= 4 is 5.91 Å². The molecule has 1 aromatic rings. The molecule has 4 heteroatoms. The lowest BCUT2D eigenvalue weighted by molar-refractivity contribution is -0.122. The number of hydrogen-bond acceptors (Lipinski definition) is 3. The van der Waals surface area contributed by atoms with E-state index in [1.54, 1.807) is 0 Å². The Kier molecular flexibility index (Phi) is 5.01. The van der Waals surface area contributed by atoms with Gasteiger partial charge < -0.3 is 10.1 Å². The third-order valence-electron chi connectivity index (χ3n) is 3.72. The summed E-state index contributed by atoms with van der Waals surface area (Å²) in [6.07, 6.45) is 1.93. The zero-order valence-electron chi connectivity index (χ0n) is 12.5. The van der Waals surface area contributed by atoms with Crippen LogP contribution in [0.5, 0.6) is 5.75 Å². The predicted octanol–water partition coefficient (Wildman–Crippen LogP) is 2.19. The van der Waals surface area contributed by atoms with Gasteiger partial charge in [0.1, 0.15) is 5.75 Å². The van der Waals surface area contributed by atoms with E-state index in [0.717, 1.165) is 25.2 Å². The third kappa shape index (κ3) is 3.31. The molecule has 0 fully saturated rings. The van der Waals surface area contributed by atoms with Crippen LogP contribution < -0.4 is 15.4 Å². The average Bonchev–Trinajstić information content (AvgIpc) is 2.92. The minimum Gasteiger partial charge on any atom is -0.493 e. The Morgan fingerprint density at radius 3 is 2.90 bits per heavy atom. The molecule has 4 nitrogen and oxygen atoms in total. The lowest BCUT2D eigenvalue weighted by atomic mass is 10.00. The average molecular weight is 276 g/mol. The summed E-state index contributed by atoms with van der Waals surface area (Å²) in [4.78, 5) is 11.8. The minimum atomic E-state index is -0.190. The van der Waals surface area contributed by atoms with Gasteiger partial charge in [0.15, 0.2) is 0 Å². The van der Waals surface area contributed by atoms with Gasteiger partial charge in [0, 0.05) is 19.0 Å². The molecule has 0 saturated heterocycles. The first-order valence-corrected chi connectivity index (χ1v) is 7.45. The van der Waals surface area contributed by atoms with Crippen molar-refractivity contribution in [1.29, 1.82) is 0 Å². The molecule has 2 N–H and O–H groups in total. The molecule has 0 saturated carbocycles. The molecule has 0 bridgehead atoms. The van der Waals surface area contributed by atoms with E-state index in [9.17, 15) is 4.79 Å². The Labute approximate surface area is 120 Å². The first-order chi connectivity index (χ1) is 9.65. The monoisotopic (exact) mass is 276 g/mol. The van der Waals surface area contributed by atoms with E-state index < -0.39 is 0 Å². The molecule has 1 aliphatic heterocycles. The molecule has 2 rings (SSSR count). The van der Waals surface area contributed by atoms with Crippen molar-refractivity contribution in [2.24, 2.45) is 0 Å². The molecule has 1 amide bonds. The van der Waals surface area contributed by atoms with Gasteiger partial charge in [0.05, 0.1) is 12.6 Å². The van der Waals surface area contributed by atoms with Crippen molar-refractivity contribution in [2.45, 2.75) is 45.7 Å². The van der Waals surface area contributed by atoms with Crippen LogP contribution in [0.1, 0.15) is 44.4 Å². The maximum Gasteiger partial charge on any atom is 0.236 e. The van der Waals surface area contributed by atoms with Crippen molar-refractivity contribution in [2.75, 3.05) is 13.2 Å². The number of rotatable bonds is 6. The lowest BCUT2D eigenvalue weighted by Gasteiger charge is -2.22. The van der Waals surface area contributed by atoms with Gasteiger partial charge in [-0.15, -0.1) is 0 Å². The second kappa shape index (κ2) is 6.75. The van der Waals surface area contributed by atoms with E-state index in [-0.39, 0.29) is 18.0 Å². The van der Waals surface area contributed by atoms with Crippen molar-refractivity contribution in [1.82, 2.24) is 10.6 Å². The summed E-state index contributed by atoms with van der Waals surface area (Å²) in [5.74, 6) is 1.05. The van der Waals surface area contributed by atoms with Gasteiger partial charge in [-0.25, -0.2) is 0 Å². The summed E-state index contributed by atoms with van der Waals surface area (Å²) in [6.45, 7) is 7.41. The highest BCUT2D eigenvalue weighted by molar-refractivity contribution is 5.81. The number of amides is 1. The number of likely N-dealkylation sites (N-methyl/N-ethyl adjacent to an activating group) is 1. The molecular formula is C16H24N2O2. The second-order valence-corrected chi connectivity index (χ2v) is 5.21. The minimum absolute atomic E-state index is 0.0513. The van der Waals surface area contributed by atoms with Crippen LogP contribution in [0.3, 0.4) is 0 Å². The Bertz CT molecular complexity index is 474. The fourth-order valence-corrected chi connectivity index (χ4v) is 2.58. The first-order valence-electron chi connectivity index (χ1n) is 7.45. The van der Waals surface area contributed by atoms with Crippen molar-refractivity contribution < 1.29 is 9.53 Å². The van der Waals surface area contributed by atoms with E-state index >= 15 is 0 Å². The third-order valence-corrected chi connectivity index (χ3v) is 3.72. The summed E-state index contributed by atoms with van der Waals surface area (Å²) in [5, 5.41) is 6.25. The van der Waals surface area contributed by atoms with Crippen LogP contribution in [0.4, 0.5) is 0 Å². The van der Waals surface area contributed by atoms with Crippen molar-refractivity contribution in [3.8, 4) is 5.75 Å². The highest BCUT2D eigenvalue weighted by Gasteiger charge is 2.19. The van der Waals surface area contributed by atoms with Crippen LogP contribution in [0.15, 0.2) is 18.2 Å². The predicted molar refractivity (Wildman–Crippen MR) is 80.0 cm³/mol. The molecule has 0 aromatic heterocycles. The molecule has 1 heterocycles. The highest BCUT2D eigenvalue weighted by Crippen LogP contribution is 2.29. The second-order valence-electron chi connectivity index (χ2n) is 5.21. The summed E-state index contributed by atoms with van der Waals surface area (Å²) in [6, 6.07) is 6.34. The Morgan fingerprint density at radius 1 is 1.40 bits per heavy atom. The van der Waals surface area contributed by atoms with E-state index in [0.29, 0.717) is 6.54 Å². The van der Waals surface area contributed by atoms with Crippen LogP contribution in [-0.4, -0.2) is 25.1 Å². The lowest BCUT2D eigenvalue weighted by Crippen LogP contribution is -2.43. The molecule has 1 aromatic carbocycles. The Balaban J connectivity index is 2.06. The van der Waals surface area contributed by atoms with Gasteiger partial charge in [-0.3, -0.25) is 10.1 Å². The van der Waals surface area contributed by atoms with Gasteiger partial charge >= 0.3 is 0 Å². The van der Waals surface area contributed by atoms with Crippen molar-refractivity contribution in [3.05, 3.63) is 29.3 Å². The number of ether oxygens (including phenoxy) is 1. The van der Waals surface area contributed by atoms with E-state index in [1.165, 1.54) is 11.1 Å². The van der Waals surface area contributed by atoms with E-state index in [1.807, 2.05) is 19.9 Å². The number of nitrogens with one attached hydrogen (secondary N) is 2. The van der Waals surface area contributed by atoms with Crippen LogP contribution in [0, 0.1) is 0 Å². The Morgan fingerprint density at radius 2 is 2.20 bits per heavy atom. The van der Waals surface area contributed by atoms with Crippen LogP contribution in [0.2, 0.25) is 0 Å². The number of carbonyl (C=O) groups is 1. The molecule has 0 radical (unpaired) electrons. The zero-order chi connectivity index (χ0) is 14.5. The number of benzene rings is 1. The standard InChI is InChI=1S/C16H24N2O2/c1-4-14(18-11(3)16(19)17-5-2)12-6-7-15-13(10-12)8-9-20-15/h6-7,10-11,14,18H,4-5,8-9H2,1-3H3,(H,17,19). The maximum atomic E-state index is 11.8. The number of hydrogen-bond donors (Lipinski definition) is 2. The molecular weight excluding hydrogens is 252 g/mol. The molecule has 1 aliphatic rings. The van der Waals surface area contributed by atoms with Crippen LogP contribution >= 0.6 is 0 Å². The quantitative estimate of drug-likeness (QED) is 0.837. The summed E-state index contributed by atoms with van der Waals surface area (Å²) < 4.78 is 5.53. The topological polar surface area (TPSA) is 50.4 Å². The summed E-state index contributed by atoms with van der Waals surface area (Å²) in [5.41, 5.74) is 2.50. The molecule has 20 heavy (non-hydrogen) atoms. The van der Waals surface area contributed by atoms with Crippen molar-refractivity contribution in [3.63, 3.8) is 0 Å². The fourth-order valence-electron chi connectivity index (χ4n) is 2.58. The largest absolute Gasteiger partial charge is 0.493 e. The normalized spacial score (nSPS) is 16.1. The van der Waals surface area contributed by atoms with Gasteiger partial charge in [-0.2, -0.15) is 0 Å². The van der Waals surface area contributed by atoms with E-state index in [2.05, 4.69) is 29.7 Å². The smallest absolute Gasteiger partial charge is 0.236 e. The number of carbonyl (C=O) groups excluding carboxylic acids is 1. The number of fused-ring (bicyclic) bond motifs is 1. The van der Waals surface area contributed by atoms with E-state index in [4.69, 9.17) is 4.74 Å². The van der Waals surface area contributed by atoms with Gasteiger partial charge in [-0.05, 0) is 37.5 Å². The Hall–Kier alpha value is -1.55. The molecule has 110 valence electrons. The highest BCUT2D eigenvalue weighted by atomic mass is 16.5. The molecule has 0 spiro atoms. The summed E-state index contributed by atoms with van der Waals surface area (Å²) in [7, 11) is 0. The van der Waals surface area contributed by atoms with Gasteiger partial charge in [0.25, 0.3) is 0 Å². The van der Waals surface area contributed by atoms with Crippen LogP contribution in [0.25, 0.3) is 0 Å². The fraction of sp³-hybridized carbons (Fsp3) is 0.562. The van der Waals surface area contributed by atoms with Crippen LogP contribution in [-0.2, 0) is 11.2 Å². The molecule has 2 unspecified atom stereocenters. The zero-order valence-corrected chi connectivity index (χ0v) is 12.5. The molecule has 0 aliphatic carbocycles. The van der Waals surface area contributed by atoms with Gasteiger partial charge in [-0.1, -0.05) is 19.1 Å². The SMILES string of the molecule is CCNC(=O)C(C)NC(CC)c1ccc2c(c1)CCO2.